The Bertz CT molecular complexity index is 556. The van der Waals surface area contributed by atoms with E-state index in [9.17, 15) is 0 Å². The molecule has 0 aliphatic heterocycles. The minimum Gasteiger partial charge on any atom is -0.493 e. The number of nitrogens with zero attached hydrogens (tertiary/aromatic N) is 2. The summed E-state index contributed by atoms with van der Waals surface area (Å²) in [6.45, 7) is 5.06. The van der Waals surface area contributed by atoms with Gasteiger partial charge in [-0.25, -0.2) is 0 Å². The van der Waals surface area contributed by atoms with Gasteiger partial charge in [0.2, 0.25) is 0 Å². The van der Waals surface area contributed by atoms with Crippen LogP contribution >= 0.6 is 24.0 Å². The monoisotopic (exact) mass is 494 g/mol. The molecular weight excluding hydrogens is 459 g/mol. The quantitative estimate of drug-likeness (QED) is 0.213. The number of halogens is 1. The number of hydrogen-bond acceptors (Lipinski definition) is 5. The van der Waals surface area contributed by atoms with E-state index in [2.05, 4.69) is 42.6 Å². The van der Waals surface area contributed by atoms with Crippen LogP contribution in [0.5, 0.6) is 11.5 Å². The van der Waals surface area contributed by atoms with Gasteiger partial charge in [0.1, 0.15) is 0 Å². The topological polar surface area (TPSA) is 67.4 Å². The van der Waals surface area contributed by atoms with E-state index in [1.807, 2.05) is 12.1 Å². The van der Waals surface area contributed by atoms with Gasteiger partial charge in [0.15, 0.2) is 17.5 Å². The highest BCUT2D eigenvalue weighted by Crippen LogP contribution is 2.31. The van der Waals surface area contributed by atoms with Gasteiger partial charge in [-0.15, -0.1) is 24.0 Å². The molecule has 1 rings (SSSR count). The van der Waals surface area contributed by atoms with E-state index in [1.54, 1.807) is 21.3 Å². The van der Waals surface area contributed by atoms with Crippen LogP contribution in [0.4, 0.5) is 0 Å². The van der Waals surface area contributed by atoms with Gasteiger partial charge in [-0.05, 0) is 45.1 Å². The van der Waals surface area contributed by atoms with Crippen LogP contribution in [0, 0.1) is 0 Å². The Labute approximate surface area is 180 Å². The summed E-state index contributed by atoms with van der Waals surface area (Å²) in [6, 6.07) is 6.13. The summed E-state index contributed by atoms with van der Waals surface area (Å²) in [5.74, 6) is 2.27. The van der Waals surface area contributed by atoms with E-state index >= 15 is 0 Å². The Morgan fingerprint density at radius 2 is 1.81 bits per heavy atom. The largest absolute Gasteiger partial charge is 0.493 e. The molecule has 7 nitrogen and oxygen atoms in total. The molecule has 0 bridgehead atoms. The smallest absolute Gasteiger partial charge is 0.191 e. The molecule has 0 heterocycles. The minimum absolute atomic E-state index is 0. The molecule has 0 fully saturated rings. The van der Waals surface area contributed by atoms with Crippen molar-refractivity contribution in [2.24, 2.45) is 4.99 Å². The lowest BCUT2D eigenvalue weighted by atomic mass is 10.1. The Morgan fingerprint density at radius 3 is 2.37 bits per heavy atom. The first kappa shape index (κ1) is 25.7. The number of ether oxygens (including phenoxy) is 3. The molecule has 0 amide bonds. The van der Waals surface area contributed by atoms with Gasteiger partial charge < -0.3 is 29.7 Å². The average Bonchev–Trinajstić information content (AvgIpc) is 2.64. The number of guanidine groups is 1. The number of aliphatic imine (C=N–C) groups is 1. The van der Waals surface area contributed by atoms with Crippen LogP contribution in [-0.2, 0) is 4.74 Å². The van der Waals surface area contributed by atoms with E-state index in [-0.39, 0.29) is 30.0 Å². The molecule has 1 unspecified atom stereocenters. The zero-order chi connectivity index (χ0) is 19.4. The van der Waals surface area contributed by atoms with Crippen LogP contribution in [-0.4, -0.2) is 72.5 Å². The summed E-state index contributed by atoms with van der Waals surface area (Å²) in [6.07, 6.45) is 0.938. The minimum atomic E-state index is 0. The molecule has 1 aromatic carbocycles. The number of likely N-dealkylation sites (N-methyl/N-ethyl adjacent to an activating group) is 1. The Hall–Kier alpha value is -1.26. The SMILES string of the molecule is CCNC(=NCC(c1ccc(OC)c(OC)c1)N(C)C)NCCCOC.I. The van der Waals surface area contributed by atoms with Gasteiger partial charge in [-0.3, -0.25) is 4.99 Å². The van der Waals surface area contributed by atoms with E-state index in [4.69, 9.17) is 19.2 Å². The maximum Gasteiger partial charge on any atom is 0.191 e. The molecule has 1 aromatic rings. The second kappa shape index (κ2) is 14.8. The third-order valence-corrected chi connectivity index (χ3v) is 4.00. The average molecular weight is 494 g/mol. The van der Waals surface area contributed by atoms with Crippen LogP contribution in [0.2, 0.25) is 0 Å². The fourth-order valence-corrected chi connectivity index (χ4v) is 2.57. The molecule has 2 N–H and O–H groups in total. The summed E-state index contributed by atoms with van der Waals surface area (Å²) < 4.78 is 15.8. The molecule has 156 valence electrons. The van der Waals surface area contributed by atoms with E-state index in [0.29, 0.717) is 6.54 Å². The number of rotatable bonds is 11. The van der Waals surface area contributed by atoms with Gasteiger partial charge in [0.05, 0.1) is 26.8 Å². The van der Waals surface area contributed by atoms with Gasteiger partial charge in [-0.2, -0.15) is 0 Å². The number of benzene rings is 1. The Kier molecular flexibility index (Phi) is 14.1. The van der Waals surface area contributed by atoms with E-state index in [0.717, 1.165) is 49.1 Å². The van der Waals surface area contributed by atoms with Crippen molar-refractivity contribution in [3.63, 3.8) is 0 Å². The molecule has 0 aliphatic carbocycles. The second-order valence-electron chi connectivity index (χ2n) is 6.09. The van der Waals surface area contributed by atoms with Gasteiger partial charge in [0, 0.05) is 26.8 Å². The van der Waals surface area contributed by atoms with Crippen molar-refractivity contribution in [2.75, 3.05) is 61.7 Å². The third kappa shape index (κ3) is 8.98. The molecule has 0 spiro atoms. The highest BCUT2D eigenvalue weighted by molar-refractivity contribution is 14.0. The second-order valence-corrected chi connectivity index (χ2v) is 6.09. The van der Waals surface area contributed by atoms with Crippen LogP contribution in [0.15, 0.2) is 23.2 Å². The molecular formula is C19H35IN4O3. The number of nitrogens with one attached hydrogen (secondary N) is 2. The van der Waals surface area contributed by atoms with Gasteiger partial charge in [-0.1, -0.05) is 6.07 Å². The van der Waals surface area contributed by atoms with E-state index < -0.39 is 0 Å². The molecule has 0 saturated carbocycles. The van der Waals surface area contributed by atoms with Crippen molar-refractivity contribution in [2.45, 2.75) is 19.4 Å². The Balaban J connectivity index is 0.00000676. The predicted octanol–water partition coefficient (Wildman–Crippen LogP) is 2.52. The maximum atomic E-state index is 5.43. The van der Waals surface area contributed by atoms with Gasteiger partial charge in [0.25, 0.3) is 0 Å². The summed E-state index contributed by atoms with van der Waals surface area (Å²) in [5.41, 5.74) is 1.13. The van der Waals surface area contributed by atoms with E-state index in [1.165, 1.54) is 0 Å². The highest BCUT2D eigenvalue weighted by Gasteiger charge is 2.16. The summed E-state index contributed by atoms with van der Waals surface area (Å²) in [5, 5.41) is 6.62. The molecule has 0 aromatic heterocycles. The van der Waals surface area contributed by atoms with Crippen molar-refractivity contribution in [1.82, 2.24) is 15.5 Å². The van der Waals surface area contributed by atoms with Crippen molar-refractivity contribution in [3.05, 3.63) is 23.8 Å². The van der Waals surface area contributed by atoms with Crippen molar-refractivity contribution < 1.29 is 14.2 Å². The molecule has 1 atom stereocenters. The lowest BCUT2D eigenvalue weighted by Gasteiger charge is -2.24. The molecule has 0 radical (unpaired) electrons. The fourth-order valence-electron chi connectivity index (χ4n) is 2.57. The first-order valence-electron chi connectivity index (χ1n) is 8.96. The fraction of sp³-hybridized carbons (Fsp3) is 0.632. The van der Waals surface area contributed by atoms with Crippen molar-refractivity contribution in [3.8, 4) is 11.5 Å². The molecule has 0 saturated heterocycles. The normalized spacial score (nSPS) is 12.3. The zero-order valence-corrected chi connectivity index (χ0v) is 19.7. The van der Waals surface area contributed by atoms with Crippen LogP contribution in [0.25, 0.3) is 0 Å². The predicted molar refractivity (Wildman–Crippen MR) is 122 cm³/mol. The summed E-state index contributed by atoms with van der Waals surface area (Å²) >= 11 is 0. The lowest BCUT2D eigenvalue weighted by Crippen LogP contribution is -2.38. The number of methoxy groups -OCH3 is 3. The van der Waals surface area contributed by atoms with Crippen LogP contribution in [0.3, 0.4) is 0 Å². The van der Waals surface area contributed by atoms with Crippen LogP contribution in [0.1, 0.15) is 24.9 Å². The molecule has 0 aliphatic rings. The highest BCUT2D eigenvalue weighted by atomic mass is 127. The van der Waals surface area contributed by atoms with Crippen LogP contribution < -0.4 is 20.1 Å². The standard InChI is InChI=1S/C19H34N4O3.HI/c1-7-20-19(21-11-8-12-24-4)22-14-16(23(2)3)15-9-10-17(25-5)18(13-15)26-6;/h9-10,13,16H,7-8,11-12,14H2,1-6H3,(H2,20,21,22);1H. The lowest BCUT2D eigenvalue weighted by molar-refractivity contribution is 0.195. The number of hydrogen-bond donors (Lipinski definition) is 2. The zero-order valence-electron chi connectivity index (χ0n) is 17.4. The maximum absolute atomic E-state index is 5.43. The third-order valence-electron chi connectivity index (χ3n) is 4.00. The van der Waals surface area contributed by atoms with Gasteiger partial charge >= 0.3 is 0 Å². The Morgan fingerprint density at radius 1 is 1.11 bits per heavy atom. The first-order chi connectivity index (χ1) is 12.6. The summed E-state index contributed by atoms with van der Waals surface area (Å²) in [7, 11) is 9.11. The molecule has 8 heteroatoms. The first-order valence-corrected chi connectivity index (χ1v) is 8.96. The van der Waals surface area contributed by atoms with Crippen molar-refractivity contribution in [1.29, 1.82) is 0 Å². The summed E-state index contributed by atoms with van der Waals surface area (Å²) in [4.78, 5) is 6.90. The van der Waals surface area contributed by atoms with Crippen molar-refractivity contribution >= 4 is 29.9 Å². The molecule has 27 heavy (non-hydrogen) atoms.